The summed E-state index contributed by atoms with van der Waals surface area (Å²) in [5.74, 6) is 0.940. The van der Waals surface area contributed by atoms with Crippen LogP contribution in [0.25, 0.3) is 0 Å². The molecule has 2 heterocycles. The second kappa shape index (κ2) is 6.64. The number of anilines is 1. The lowest BCUT2D eigenvalue weighted by Crippen LogP contribution is -2.37. The lowest BCUT2D eigenvalue weighted by molar-refractivity contribution is -0.137. The van der Waals surface area contributed by atoms with E-state index in [0.717, 1.165) is 21.3 Å². The average Bonchev–Trinajstić information content (AvgIpc) is 2.98. The van der Waals surface area contributed by atoms with Crippen LogP contribution in [0.15, 0.2) is 28.5 Å². The number of aromatic nitrogens is 1. The number of nitrogens with zero attached hydrogens (tertiary/aromatic N) is 2. The van der Waals surface area contributed by atoms with Gasteiger partial charge in [-0.05, 0) is 24.6 Å². The molecule has 0 N–H and O–H groups in total. The second-order valence-electron chi connectivity index (χ2n) is 6.17. The van der Waals surface area contributed by atoms with Crippen molar-refractivity contribution in [1.29, 1.82) is 0 Å². The summed E-state index contributed by atoms with van der Waals surface area (Å²) in [4.78, 5) is 18.6. The molecule has 1 atom stereocenters. The van der Waals surface area contributed by atoms with Gasteiger partial charge in [-0.15, -0.1) is 23.1 Å². The van der Waals surface area contributed by atoms with Gasteiger partial charge in [0.2, 0.25) is 5.91 Å². The summed E-state index contributed by atoms with van der Waals surface area (Å²) in [6.45, 7) is 5.79. The molecule has 1 aliphatic heterocycles. The minimum Gasteiger partial charge on any atom is -0.287 e. The number of amides is 1. The Balaban J connectivity index is 2.00. The number of carbonyl (C=O) groups excluding carboxylic acids is 1. The number of alkyl halides is 3. The van der Waals surface area contributed by atoms with Gasteiger partial charge in [0.1, 0.15) is 4.21 Å². The second-order valence-corrected chi connectivity index (χ2v) is 8.44. The van der Waals surface area contributed by atoms with Gasteiger partial charge in [0, 0.05) is 5.92 Å². The highest BCUT2D eigenvalue weighted by Gasteiger charge is 2.35. The third-order valence-corrected chi connectivity index (χ3v) is 6.58. The third-order valence-electron chi connectivity index (χ3n) is 4.00. The van der Waals surface area contributed by atoms with Crippen molar-refractivity contribution in [2.45, 2.75) is 43.1 Å². The number of hydrogen-bond acceptors (Lipinski definition) is 4. The van der Waals surface area contributed by atoms with Crippen LogP contribution in [0.2, 0.25) is 0 Å². The number of thioether (sulfide) groups is 1. The fourth-order valence-electron chi connectivity index (χ4n) is 2.64. The molecule has 0 aliphatic carbocycles. The summed E-state index contributed by atoms with van der Waals surface area (Å²) in [7, 11) is 0. The molecule has 1 amide bonds. The van der Waals surface area contributed by atoms with Gasteiger partial charge in [0.15, 0.2) is 5.82 Å². The molecular weight excluding hydrogens is 369 g/mol. The molecule has 25 heavy (non-hydrogen) atoms. The molecular formula is C17H17F3N2OS2. The smallest absolute Gasteiger partial charge is 0.287 e. The summed E-state index contributed by atoms with van der Waals surface area (Å²) in [5.41, 5.74) is -0.267. The maximum Gasteiger partial charge on any atom is 0.416 e. The Morgan fingerprint density at radius 3 is 2.60 bits per heavy atom. The first-order valence-corrected chi connectivity index (χ1v) is 9.61. The average molecular weight is 386 g/mol. The van der Waals surface area contributed by atoms with E-state index >= 15 is 0 Å². The van der Waals surface area contributed by atoms with Crippen LogP contribution in [0.3, 0.4) is 0 Å². The molecule has 134 valence electrons. The zero-order valence-corrected chi connectivity index (χ0v) is 15.6. The molecule has 3 nitrogen and oxygen atoms in total. The van der Waals surface area contributed by atoms with Gasteiger partial charge in [0.25, 0.3) is 0 Å². The highest BCUT2D eigenvalue weighted by molar-refractivity contribution is 8.02. The van der Waals surface area contributed by atoms with Crippen LogP contribution in [-0.4, -0.2) is 16.6 Å². The van der Waals surface area contributed by atoms with E-state index in [0.29, 0.717) is 11.4 Å². The molecule has 1 aliphatic rings. The molecule has 0 saturated heterocycles. The van der Waals surface area contributed by atoms with E-state index in [2.05, 4.69) is 4.98 Å². The standard InChI is InChI=1S/C17H17F3N2OS2/c1-9(2)15-21-14-16(25-15)24-8-13(23)22(14)10(3)11-5-4-6-12(7-11)17(18,19)20/h4-7,9-10H,8H2,1-3H3. The summed E-state index contributed by atoms with van der Waals surface area (Å²) < 4.78 is 39.9. The van der Waals surface area contributed by atoms with Crippen molar-refractivity contribution < 1.29 is 18.0 Å². The molecule has 8 heteroatoms. The van der Waals surface area contributed by atoms with E-state index in [1.54, 1.807) is 24.3 Å². The minimum atomic E-state index is -4.41. The first kappa shape index (κ1) is 18.3. The topological polar surface area (TPSA) is 33.2 Å². The van der Waals surface area contributed by atoms with E-state index in [1.807, 2.05) is 13.8 Å². The predicted molar refractivity (Wildman–Crippen MR) is 94.3 cm³/mol. The molecule has 2 aromatic rings. The van der Waals surface area contributed by atoms with Crippen LogP contribution >= 0.6 is 23.1 Å². The van der Waals surface area contributed by atoms with E-state index in [1.165, 1.54) is 22.7 Å². The largest absolute Gasteiger partial charge is 0.416 e. The van der Waals surface area contributed by atoms with Gasteiger partial charge >= 0.3 is 6.18 Å². The van der Waals surface area contributed by atoms with Crippen LogP contribution in [0.5, 0.6) is 0 Å². The molecule has 0 fully saturated rings. The Labute approximate surface area is 152 Å². The predicted octanol–water partition coefficient (Wildman–Crippen LogP) is 5.49. The normalized spacial score (nSPS) is 16.3. The Morgan fingerprint density at radius 2 is 1.96 bits per heavy atom. The molecule has 0 radical (unpaired) electrons. The zero-order chi connectivity index (χ0) is 18.4. The molecule has 0 spiro atoms. The van der Waals surface area contributed by atoms with Crippen molar-refractivity contribution in [3.63, 3.8) is 0 Å². The van der Waals surface area contributed by atoms with E-state index in [4.69, 9.17) is 0 Å². The molecule has 0 bridgehead atoms. The maximum atomic E-state index is 13.0. The van der Waals surface area contributed by atoms with Gasteiger partial charge in [0.05, 0.1) is 22.4 Å². The van der Waals surface area contributed by atoms with E-state index < -0.39 is 17.8 Å². The third kappa shape index (κ3) is 3.55. The van der Waals surface area contributed by atoms with E-state index in [9.17, 15) is 18.0 Å². The highest BCUT2D eigenvalue weighted by Crippen LogP contribution is 2.44. The van der Waals surface area contributed by atoms with Gasteiger partial charge in [-0.25, -0.2) is 4.98 Å². The number of carbonyl (C=O) groups is 1. The van der Waals surface area contributed by atoms with Crippen LogP contribution < -0.4 is 4.90 Å². The molecule has 1 aromatic heterocycles. The van der Waals surface area contributed by atoms with Gasteiger partial charge < -0.3 is 0 Å². The Hall–Kier alpha value is -1.54. The van der Waals surface area contributed by atoms with Crippen LogP contribution in [0.4, 0.5) is 19.0 Å². The monoisotopic (exact) mass is 386 g/mol. The minimum absolute atomic E-state index is 0.136. The molecule has 1 unspecified atom stereocenters. The SMILES string of the molecule is CC(C)c1nc2c(s1)SCC(=O)N2C(C)c1cccc(C(F)(F)F)c1. The van der Waals surface area contributed by atoms with E-state index in [-0.39, 0.29) is 17.6 Å². The summed E-state index contributed by atoms with van der Waals surface area (Å²) in [6.07, 6.45) is -4.41. The van der Waals surface area contributed by atoms with Gasteiger partial charge in [-0.3, -0.25) is 9.69 Å². The lowest BCUT2D eigenvalue weighted by atomic mass is 10.0. The number of fused-ring (bicyclic) bond motifs is 1. The Bertz CT molecular complexity index is 801. The lowest BCUT2D eigenvalue weighted by Gasteiger charge is -2.31. The number of hydrogen-bond donors (Lipinski definition) is 0. The van der Waals surface area contributed by atoms with Crippen LogP contribution in [0, 0.1) is 0 Å². The maximum absolute atomic E-state index is 13.0. The summed E-state index contributed by atoms with van der Waals surface area (Å²) in [6, 6.07) is 4.62. The van der Waals surface area contributed by atoms with Crippen molar-refractivity contribution in [3.05, 3.63) is 40.4 Å². The van der Waals surface area contributed by atoms with Crippen LogP contribution in [-0.2, 0) is 11.0 Å². The quantitative estimate of drug-likeness (QED) is 0.700. The number of halogens is 3. The van der Waals surface area contributed by atoms with Crippen molar-refractivity contribution in [1.82, 2.24) is 4.98 Å². The fourth-order valence-corrected chi connectivity index (χ4v) is 4.77. The number of thiazole rings is 1. The first-order chi connectivity index (χ1) is 11.7. The molecule has 1 aromatic carbocycles. The fraction of sp³-hybridized carbons (Fsp3) is 0.412. The zero-order valence-electron chi connectivity index (χ0n) is 13.9. The number of rotatable bonds is 3. The highest BCUT2D eigenvalue weighted by atomic mass is 32.2. The number of benzene rings is 1. The Kier molecular flexibility index (Phi) is 4.85. The Morgan fingerprint density at radius 1 is 1.24 bits per heavy atom. The van der Waals surface area contributed by atoms with Crippen LogP contribution in [0.1, 0.15) is 48.9 Å². The first-order valence-electron chi connectivity index (χ1n) is 7.81. The van der Waals surface area contributed by atoms with Crippen molar-refractivity contribution in [2.75, 3.05) is 10.7 Å². The summed E-state index contributed by atoms with van der Waals surface area (Å²) in [5, 5.41) is 0.924. The molecule has 0 saturated carbocycles. The van der Waals surface area contributed by atoms with Gasteiger partial charge in [-0.2, -0.15) is 13.2 Å². The summed E-state index contributed by atoms with van der Waals surface area (Å²) >= 11 is 2.99. The van der Waals surface area contributed by atoms with Crippen molar-refractivity contribution >= 4 is 34.8 Å². The van der Waals surface area contributed by atoms with Gasteiger partial charge in [-0.1, -0.05) is 26.0 Å². The molecule has 3 rings (SSSR count). The van der Waals surface area contributed by atoms with Crippen molar-refractivity contribution in [3.8, 4) is 0 Å². The van der Waals surface area contributed by atoms with Crippen molar-refractivity contribution in [2.24, 2.45) is 0 Å².